The lowest BCUT2D eigenvalue weighted by molar-refractivity contribution is 0.222. The van der Waals surface area contributed by atoms with E-state index in [2.05, 4.69) is 31.6 Å². The van der Waals surface area contributed by atoms with Crippen LogP contribution in [0, 0.1) is 5.41 Å². The standard InChI is InChI=1S/C12H21ClN2S/c1-3-5-12(10-16,6-4-2)9-15-8-11(13)7-14-15/h7-8,16H,3-6,9-10H2,1-2H3. The molecule has 0 saturated carbocycles. The molecular formula is C12H21ClN2S. The molecule has 0 unspecified atom stereocenters. The fourth-order valence-corrected chi connectivity index (χ4v) is 2.89. The molecule has 0 atom stereocenters. The second kappa shape index (κ2) is 6.55. The highest BCUT2D eigenvalue weighted by Crippen LogP contribution is 2.33. The molecule has 0 aliphatic heterocycles. The molecule has 2 nitrogen and oxygen atoms in total. The highest BCUT2D eigenvalue weighted by atomic mass is 35.5. The molecule has 92 valence electrons. The Morgan fingerprint density at radius 1 is 1.38 bits per heavy atom. The third kappa shape index (κ3) is 3.70. The first kappa shape index (κ1) is 13.9. The van der Waals surface area contributed by atoms with Gasteiger partial charge in [0.05, 0.1) is 11.2 Å². The molecule has 0 fully saturated rings. The average molecular weight is 261 g/mol. The SMILES string of the molecule is CCCC(CS)(CCC)Cn1cc(Cl)cn1. The average Bonchev–Trinajstić information content (AvgIpc) is 2.64. The zero-order chi connectivity index (χ0) is 12.0. The van der Waals surface area contributed by atoms with Crippen molar-refractivity contribution in [2.75, 3.05) is 5.75 Å². The van der Waals surface area contributed by atoms with Crippen LogP contribution in [0.4, 0.5) is 0 Å². The topological polar surface area (TPSA) is 17.8 Å². The van der Waals surface area contributed by atoms with E-state index < -0.39 is 0 Å². The van der Waals surface area contributed by atoms with Crippen molar-refractivity contribution in [3.63, 3.8) is 0 Å². The van der Waals surface area contributed by atoms with Gasteiger partial charge >= 0.3 is 0 Å². The molecule has 1 heterocycles. The first-order valence-electron chi connectivity index (χ1n) is 5.94. The molecule has 16 heavy (non-hydrogen) atoms. The molecule has 0 amide bonds. The number of hydrogen-bond donors (Lipinski definition) is 1. The van der Waals surface area contributed by atoms with Crippen LogP contribution in [0.15, 0.2) is 12.4 Å². The molecule has 0 radical (unpaired) electrons. The van der Waals surface area contributed by atoms with Crippen LogP contribution in [-0.2, 0) is 6.54 Å². The summed E-state index contributed by atoms with van der Waals surface area (Å²) in [6.45, 7) is 5.37. The van der Waals surface area contributed by atoms with E-state index in [0.717, 1.165) is 12.3 Å². The van der Waals surface area contributed by atoms with Crippen LogP contribution < -0.4 is 0 Å². The summed E-state index contributed by atoms with van der Waals surface area (Å²) >= 11 is 10.4. The molecule has 1 aromatic rings. The number of nitrogens with zero attached hydrogens (tertiary/aromatic N) is 2. The summed E-state index contributed by atoms with van der Waals surface area (Å²) in [6.07, 6.45) is 8.36. The number of halogens is 1. The van der Waals surface area contributed by atoms with Crippen LogP contribution in [0.25, 0.3) is 0 Å². The van der Waals surface area contributed by atoms with Crippen molar-refractivity contribution in [3.8, 4) is 0 Å². The van der Waals surface area contributed by atoms with Gasteiger partial charge in [-0.2, -0.15) is 17.7 Å². The van der Waals surface area contributed by atoms with Gasteiger partial charge in [0.2, 0.25) is 0 Å². The van der Waals surface area contributed by atoms with Crippen molar-refractivity contribution in [1.29, 1.82) is 0 Å². The minimum absolute atomic E-state index is 0.266. The predicted octanol–water partition coefficient (Wildman–Crippen LogP) is 4.05. The Morgan fingerprint density at radius 3 is 2.38 bits per heavy atom. The summed E-state index contributed by atoms with van der Waals surface area (Å²) in [6, 6.07) is 0. The van der Waals surface area contributed by atoms with Gasteiger partial charge in [-0.3, -0.25) is 4.68 Å². The van der Waals surface area contributed by atoms with Gasteiger partial charge in [-0.15, -0.1) is 0 Å². The zero-order valence-corrected chi connectivity index (χ0v) is 11.8. The van der Waals surface area contributed by atoms with Crippen molar-refractivity contribution in [3.05, 3.63) is 17.4 Å². The van der Waals surface area contributed by atoms with Crippen LogP contribution in [0.5, 0.6) is 0 Å². The number of rotatable bonds is 7. The normalized spacial score (nSPS) is 12.0. The molecule has 0 aliphatic rings. The monoisotopic (exact) mass is 260 g/mol. The van der Waals surface area contributed by atoms with Crippen LogP contribution in [0.1, 0.15) is 39.5 Å². The molecule has 1 rings (SSSR count). The van der Waals surface area contributed by atoms with E-state index in [4.69, 9.17) is 11.6 Å². The lowest BCUT2D eigenvalue weighted by atomic mass is 9.81. The van der Waals surface area contributed by atoms with Gasteiger partial charge < -0.3 is 0 Å². The summed E-state index contributed by atoms with van der Waals surface area (Å²) in [7, 11) is 0. The van der Waals surface area contributed by atoms with Crippen LogP contribution in [0.3, 0.4) is 0 Å². The molecule has 0 saturated heterocycles. The van der Waals surface area contributed by atoms with Gasteiger partial charge in [-0.25, -0.2) is 0 Å². The number of hydrogen-bond acceptors (Lipinski definition) is 2. The molecule has 0 spiro atoms. The Balaban J connectivity index is 2.75. The van der Waals surface area contributed by atoms with Gasteiger partial charge in [-0.1, -0.05) is 38.3 Å². The molecule has 0 aromatic carbocycles. The van der Waals surface area contributed by atoms with E-state index in [1.807, 2.05) is 10.9 Å². The van der Waals surface area contributed by atoms with Crippen molar-refractivity contribution in [2.24, 2.45) is 5.41 Å². The molecular weight excluding hydrogens is 240 g/mol. The highest BCUT2D eigenvalue weighted by Gasteiger charge is 2.27. The Hall–Kier alpha value is -0.150. The molecule has 4 heteroatoms. The minimum Gasteiger partial charge on any atom is -0.271 e. The van der Waals surface area contributed by atoms with E-state index in [1.165, 1.54) is 25.7 Å². The lowest BCUT2D eigenvalue weighted by Gasteiger charge is -2.31. The van der Waals surface area contributed by atoms with Gasteiger partial charge in [-0.05, 0) is 24.0 Å². The van der Waals surface area contributed by atoms with E-state index in [1.54, 1.807) is 6.20 Å². The summed E-state index contributed by atoms with van der Waals surface area (Å²) in [5.41, 5.74) is 0.266. The summed E-state index contributed by atoms with van der Waals surface area (Å²) < 4.78 is 1.95. The van der Waals surface area contributed by atoms with Crippen molar-refractivity contribution < 1.29 is 0 Å². The number of thiol groups is 1. The van der Waals surface area contributed by atoms with Crippen molar-refractivity contribution >= 4 is 24.2 Å². The summed E-state index contributed by atoms with van der Waals surface area (Å²) in [5, 5.41) is 4.97. The second-order valence-electron chi connectivity index (χ2n) is 4.51. The molecule has 1 aromatic heterocycles. The lowest BCUT2D eigenvalue weighted by Crippen LogP contribution is -2.29. The maximum atomic E-state index is 5.88. The smallest absolute Gasteiger partial charge is 0.0785 e. The first-order valence-corrected chi connectivity index (χ1v) is 6.95. The second-order valence-corrected chi connectivity index (χ2v) is 5.27. The summed E-state index contributed by atoms with van der Waals surface area (Å²) in [5.74, 6) is 0.909. The van der Waals surface area contributed by atoms with Crippen molar-refractivity contribution in [2.45, 2.75) is 46.1 Å². The quantitative estimate of drug-likeness (QED) is 0.733. The van der Waals surface area contributed by atoms with E-state index in [0.29, 0.717) is 5.02 Å². The Morgan fingerprint density at radius 2 is 2.00 bits per heavy atom. The van der Waals surface area contributed by atoms with Crippen LogP contribution >= 0.6 is 24.2 Å². The molecule has 0 N–H and O–H groups in total. The Bertz CT molecular complexity index is 306. The van der Waals surface area contributed by atoms with Crippen LogP contribution in [0.2, 0.25) is 5.02 Å². The maximum absolute atomic E-state index is 5.88. The summed E-state index contributed by atoms with van der Waals surface area (Å²) in [4.78, 5) is 0. The van der Waals surface area contributed by atoms with Crippen LogP contribution in [-0.4, -0.2) is 15.5 Å². The Labute approximate surface area is 109 Å². The van der Waals surface area contributed by atoms with Gasteiger partial charge in [0.25, 0.3) is 0 Å². The van der Waals surface area contributed by atoms with Gasteiger partial charge in [0.15, 0.2) is 0 Å². The third-order valence-electron chi connectivity index (χ3n) is 3.00. The third-order valence-corrected chi connectivity index (χ3v) is 3.86. The maximum Gasteiger partial charge on any atom is 0.0785 e. The largest absolute Gasteiger partial charge is 0.271 e. The fourth-order valence-electron chi connectivity index (χ4n) is 2.32. The Kier molecular flexibility index (Phi) is 5.70. The highest BCUT2D eigenvalue weighted by molar-refractivity contribution is 7.80. The van der Waals surface area contributed by atoms with Gasteiger partial charge in [0, 0.05) is 12.7 Å². The predicted molar refractivity (Wildman–Crippen MR) is 73.3 cm³/mol. The molecule has 0 aliphatic carbocycles. The number of aromatic nitrogens is 2. The van der Waals surface area contributed by atoms with Crippen molar-refractivity contribution in [1.82, 2.24) is 9.78 Å². The van der Waals surface area contributed by atoms with E-state index >= 15 is 0 Å². The van der Waals surface area contributed by atoms with E-state index in [9.17, 15) is 0 Å². The van der Waals surface area contributed by atoms with E-state index in [-0.39, 0.29) is 5.41 Å². The molecule has 0 bridgehead atoms. The van der Waals surface area contributed by atoms with Gasteiger partial charge in [0.1, 0.15) is 0 Å². The fraction of sp³-hybridized carbons (Fsp3) is 0.750. The zero-order valence-electron chi connectivity index (χ0n) is 10.1. The minimum atomic E-state index is 0.266. The first-order chi connectivity index (χ1) is 7.65.